The van der Waals surface area contributed by atoms with Crippen LogP contribution in [0.2, 0.25) is 5.02 Å². The van der Waals surface area contributed by atoms with Crippen molar-refractivity contribution in [2.75, 3.05) is 6.54 Å². The molecule has 1 aromatic carbocycles. The van der Waals surface area contributed by atoms with Crippen LogP contribution in [0.25, 0.3) is 0 Å². The lowest BCUT2D eigenvalue weighted by molar-refractivity contribution is 0.572. The Morgan fingerprint density at radius 1 is 1.47 bits per heavy atom. The molecule has 0 saturated heterocycles. The summed E-state index contributed by atoms with van der Waals surface area (Å²) >= 11 is 5.70. The third-order valence-electron chi connectivity index (χ3n) is 2.55. The fourth-order valence-electron chi connectivity index (χ4n) is 1.43. The predicted molar refractivity (Wildman–Crippen MR) is 67.2 cm³/mol. The number of sulfone groups is 1. The van der Waals surface area contributed by atoms with Crippen molar-refractivity contribution in [3.63, 3.8) is 0 Å². The summed E-state index contributed by atoms with van der Waals surface area (Å²) in [6.07, 6.45) is 0.366. The number of hydrogen-bond acceptors (Lipinski definition) is 3. The van der Waals surface area contributed by atoms with Gasteiger partial charge in [-0.25, -0.2) is 12.8 Å². The molecule has 0 aromatic heterocycles. The summed E-state index contributed by atoms with van der Waals surface area (Å²) in [6.45, 7) is 1.86. The van der Waals surface area contributed by atoms with Gasteiger partial charge in [0, 0.05) is 10.6 Å². The van der Waals surface area contributed by atoms with Gasteiger partial charge in [0.15, 0.2) is 9.84 Å². The first kappa shape index (κ1) is 14.4. The average Bonchev–Trinajstić information content (AvgIpc) is 2.23. The summed E-state index contributed by atoms with van der Waals surface area (Å²) in [7, 11) is -3.39. The molecule has 0 aliphatic rings. The van der Waals surface area contributed by atoms with Crippen LogP contribution in [0.15, 0.2) is 18.2 Å². The van der Waals surface area contributed by atoms with E-state index in [1.165, 1.54) is 18.2 Å². The zero-order chi connectivity index (χ0) is 13.1. The van der Waals surface area contributed by atoms with Crippen LogP contribution in [-0.2, 0) is 15.6 Å². The molecule has 17 heavy (non-hydrogen) atoms. The summed E-state index contributed by atoms with van der Waals surface area (Å²) < 4.78 is 37.2. The summed E-state index contributed by atoms with van der Waals surface area (Å²) in [5.74, 6) is -0.904. The molecule has 1 atom stereocenters. The first-order chi connectivity index (χ1) is 7.86. The summed E-state index contributed by atoms with van der Waals surface area (Å²) in [5.41, 5.74) is 5.41. The van der Waals surface area contributed by atoms with Gasteiger partial charge in [-0.15, -0.1) is 0 Å². The molecule has 96 valence electrons. The second kappa shape index (κ2) is 5.80. The van der Waals surface area contributed by atoms with E-state index in [-0.39, 0.29) is 11.3 Å². The van der Waals surface area contributed by atoms with Crippen molar-refractivity contribution in [3.8, 4) is 0 Å². The Hall–Kier alpha value is -0.650. The molecule has 0 radical (unpaired) electrons. The van der Waals surface area contributed by atoms with Crippen LogP contribution in [0, 0.1) is 5.82 Å². The summed E-state index contributed by atoms with van der Waals surface area (Å²) in [5, 5.41) is -0.256. The van der Waals surface area contributed by atoms with Crippen molar-refractivity contribution in [3.05, 3.63) is 34.6 Å². The molecule has 0 saturated carbocycles. The van der Waals surface area contributed by atoms with Gasteiger partial charge >= 0.3 is 0 Å². The van der Waals surface area contributed by atoms with Crippen LogP contribution >= 0.6 is 11.6 Å². The number of rotatable bonds is 5. The van der Waals surface area contributed by atoms with Crippen LogP contribution < -0.4 is 5.73 Å². The quantitative estimate of drug-likeness (QED) is 0.898. The SMILES string of the molecule is CC(CCN)S(=O)(=O)Cc1cc(Cl)ccc1F. The molecule has 1 rings (SSSR count). The van der Waals surface area contributed by atoms with Crippen LogP contribution in [0.4, 0.5) is 4.39 Å². The highest BCUT2D eigenvalue weighted by atomic mass is 35.5. The summed E-state index contributed by atoms with van der Waals surface area (Å²) in [4.78, 5) is 0. The van der Waals surface area contributed by atoms with Crippen molar-refractivity contribution >= 4 is 21.4 Å². The van der Waals surface area contributed by atoms with Gasteiger partial charge in [0.1, 0.15) is 5.82 Å². The van der Waals surface area contributed by atoms with Crippen molar-refractivity contribution in [2.45, 2.75) is 24.3 Å². The van der Waals surface area contributed by atoms with E-state index in [0.29, 0.717) is 18.0 Å². The second-order valence-electron chi connectivity index (χ2n) is 3.93. The largest absolute Gasteiger partial charge is 0.330 e. The second-order valence-corrected chi connectivity index (χ2v) is 6.79. The molecular weight excluding hydrogens is 265 g/mol. The third kappa shape index (κ3) is 3.94. The molecule has 0 heterocycles. The molecule has 0 bridgehead atoms. The topological polar surface area (TPSA) is 60.2 Å². The maximum absolute atomic E-state index is 13.4. The van der Waals surface area contributed by atoms with Gasteiger partial charge in [-0.05, 0) is 38.1 Å². The minimum atomic E-state index is -3.39. The van der Waals surface area contributed by atoms with Crippen LogP contribution in [0.3, 0.4) is 0 Å². The van der Waals surface area contributed by atoms with Gasteiger partial charge in [0.05, 0.1) is 11.0 Å². The Morgan fingerprint density at radius 2 is 2.12 bits per heavy atom. The lowest BCUT2D eigenvalue weighted by atomic mass is 10.2. The zero-order valence-corrected chi connectivity index (χ0v) is 11.1. The minimum Gasteiger partial charge on any atom is -0.330 e. The van der Waals surface area contributed by atoms with E-state index in [0.717, 1.165) is 0 Å². The van der Waals surface area contributed by atoms with Gasteiger partial charge in [-0.1, -0.05) is 11.6 Å². The highest BCUT2D eigenvalue weighted by Gasteiger charge is 2.22. The van der Waals surface area contributed by atoms with Crippen molar-refractivity contribution in [2.24, 2.45) is 5.73 Å². The van der Waals surface area contributed by atoms with Crippen LogP contribution in [-0.4, -0.2) is 20.2 Å². The van der Waals surface area contributed by atoms with Gasteiger partial charge in [0.2, 0.25) is 0 Å². The molecule has 0 aliphatic carbocycles. The van der Waals surface area contributed by atoms with E-state index < -0.39 is 20.9 Å². The zero-order valence-electron chi connectivity index (χ0n) is 9.49. The lowest BCUT2D eigenvalue weighted by Gasteiger charge is -2.12. The molecule has 1 unspecified atom stereocenters. The predicted octanol–water partition coefficient (Wildman–Crippen LogP) is 2.13. The molecule has 6 heteroatoms. The first-order valence-corrected chi connectivity index (χ1v) is 7.31. The summed E-state index contributed by atoms with van der Waals surface area (Å²) in [6, 6.07) is 3.89. The maximum Gasteiger partial charge on any atom is 0.157 e. The van der Waals surface area contributed by atoms with Crippen molar-refractivity contribution in [1.29, 1.82) is 0 Å². The Labute approximate surface area is 106 Å². The number of hydrogen-bond donors (Lipinski definition) is 1. The lowest BCUT2D eigenvalue weighted by Crippen LogP contribution is -2.23. The highest BCUT2D eigenvalue weighted by Crippen LogP contribution is 2.19. The standard InChI is InChI=1S/C11H15ClFNO2S/c1-8(4-5-14)17(15,16)7-9-6-10(12)2-3-11(9)13/h2-3,6,8H,4-5,7,14H2,1H3. The number of halogens is 2. The first-order valence-electron chi connectivity index (χ1n) is 5.22. The van der Waals surface area contributed by atoms with E-state index in [4.69, 9.17) is 17.3 Å². The van der Waals surface area contributed by atoms with Crippen molar-refractivity contribution in [1.82, 2.24) is 0 Å². The van der Waals surface area contributed by atoms with E-state index in [1.807, 2.05) is 0 Å². The van der Waals surface area contributed by atoms with E-state index in [9.17, 15) is 12.8 Å². The van der Waals surface area contributed by atoms with Gasteiger partial charge in [0.25, 0.3) is 0 Å². The average molecular weight is 280 g/mol. The smallest absolute Gasteiger partial charge is 0.157 e. The van der Waals surface area contributed by atoms with Gasteiger partial charge < -0.3 is 5.73 Å². The monoisotopic (exact) mass is 279 g/mol. The molecular formula is C11H15ClFNO2S. The van der Waals surface area contributed by atoms with Gasteiger partial charge in [-0.3, -0.25) is 0 Å². The fraction of sp³-hybridized carbons (Fsp3) is 0.455. The molecule has 0 fully saturated rings. The van der Waals surface area contributed by atoms with Gasteiger partial charge in [-0.2, -0.15) is 0 Å². The maximum atomic E-state index is 13.4. The fourth-order valence-corrected chi connectivity index (χ4v) is 3.06. The molecule has 0 amide bonds. The minimum absolute atomic E-state index is 0.0985. The van der Waals surface area contributed by atoms with Crippen LogP contribution in [0.1, 0.15) is 18.9 Å². The highest BCUT2D eigenvalue weighted by molar-refractivity contribution is 7.91. The third-order valence-corrected chi connectivity index (χ3v) is 4.96. The number of benzene rings is 1. The Kier molecular flexibility index (Phi) is 4.91. The molecule has 0 aliphatic heterocycles. The normalized spacial score (nSPS) is 13.6. The molecule has 1 aromatic rings. The van der Waals surface area contributed by atoms with Crippen LogP contribution in [0.5, 0.6) is 0 Å². The Balaban J connectivity index is 2.94. The van der Waals surface area contributed by atoms with E-state index >= 15 is 0 Å². The Bertz CT molecular complexity index is 490. The number of nitrogens with two attached hydrogens (primary N) is 1. The molecule has 0 spiro atoms. The van der Waals surface area contributed by atoms with E-state index in [2.05, 4.69) is 0 Å². The van der Waals surface area contributed by atoms with Crippen molar-refractivity contribution < 1.29 is 12.8 Å². The molecule has 2 N–H and O–H groups in total. The Morgan fingerprint density at radius 3 is 2.71 bits per heavy atom. The van der Waals surface area contributed by atoms with E-state index in [1.54, 1.807) is 6.92 Å². The molecule has 3 nitrogen and oxygen atoms in total.